The van der Waals surface area contributed by atoms with Crippen molar-refractivity contribution in [1.82, 2.24) is 5.43 Å². The normalized spacial score (nSPS) is 11.0. The number of amides is 1. The fourth-order valence-corrected chi connectivity index (χ4v) is 3.64. The van der Waals surface area contributed by atoms with Crippen LogP contribution in [0.4, 0.5) is 5.69 Å². The molecule has 9 nitrogen and oxygen atoms in total. The number of nitro groups is 1. The number of halogens is 1. The first-order valence-corrected chi connectivity index (χ1v) is 11.4. The van der Waals surface area contributed by atoms with Crippen LogP contribution in [0.1, 0.15) is 28.6 Å². The lowest BCUT2D eigenvalue weighted by molar-refractivity contribution is -0.384. The Morgan fingerprint density at radius 1 is 1.11 bits per heavy atom. The van der Waals surface area contributed by atoms with Crippen molar-refractivity contribution < 1.29 is 23.6 Å². The lowest BCUT2D eigenvalue weighted by atomic mass is 10.2. The van der Waals surface area contributed by atoms with Crippen LogP contribution in [-0.4, -0.2) is 23.7 Å². The summed E-state index contributed by atoms with van der Waals surface area (Å²) in [4.78, 5) is 22.7. The van der Waals surface area contributed by atoms with E-state index in [0.717, 1.165) is 10.9 Å². The van der Waals surface area contributed by atoms with Crippen LogP contribution < -0.4 is 14.9 Å². The van der Waals surface area contributed by atoms with Crippen LogP contribution in [0, 0.1) is 10.1 Å². The molecule has 1 N–H and O–H groups in total. The molecule has 0 spiro atoms. The molecule has 1 heterocycles. The molecule has 4 aromatic rings. The molecule has 35 heavy (non-hydrogen) atoms. The average molecular weight is 538 g/mol. The van der Waals surface area contributed by atoms with Gasteiger partial charge in [-0.15, -0.1) is 0 Å². The number of hydrogen-bond acceptors (Lipinski definition) is 7. The standard InChI is InChI=1S/C25H20BrN3O6/c1-2-33-22-12-18(14-27-28-25(30)24-11-17-5-3-4-6-21(17)35-24)20(26)13-23(22)34-15-16-7-9-19(10-8-16)29(31)32/h3-14H,2,15H2,1H3,(H,28,30)/b27-14+. The molecule has 0 aliphatic carbocycles. The van der Waals surface area contributed by atoms with Crippen molar-refractivity contribution in [2.24, 2.45) is 5.10 Å². The summed E-state index contributed by atoms with van der Waals surface area (Å²) in [5.74, 6) is 0.664. The van der Waals surface area contributed by atoms with Crippen LogP contribution in [0.25, 0.3) is 11.0 Å². The number of hydrogen-bond donors (Lipinski definition) is 1. The number of fused-ring (bicyclic) bond motifs is 1. The Balaban J connectivity index is 1.45. The van der Waals surface area contributed by atoms with E-state index in [1.54, 1.807) is 36.4 Å². The molecule has 0 radical (unpaired) electrons. The van der Waals surface area contributed by atoms with E-state index in [1.165, 1.54) is 18.3 Å². The molecule has 4 rings (SSSR count). The van der Waals surface area contributed by atoms with Crippen molar-refractivity contribution in [3.63, 3.8) is 0 Å². The van der Waals surface area contributed by atoms with Gasteiger partial charge in [-0.1, -0.05) is 18.2 Å². The van der Waals surface area contributed by atoms with E-state index in [0.29, 0.717) is 33.7 Å². The first-order valence-electron chi connectivity index (χ1n) is 10.6. The summed E-state index contributed by atoms with van der Waals surface area (Å²) < 4.78 is 17.8. The summed E-state index contributed by atoms with van der Waals surface area (Å²) in [5.41, 5.74) is 4.52. The molecule has 178 valence electrons. The van der Waals surface area contributed by atoms with Crippen molar-refractivity contribution in [3.8, 4) is 11.5 Å². The van der Waals surface area contributed by atoms with Crippen LogP contribution in [0.3, 0.4) is 0 Å². The second kappa shape index (κ2) is 10.8. The second-order valence-electron chi connectivity index (χ2n) is 7.31. The van der Waals surface area contributed by atoms with Crippen LogP contribution in [-0.2, 0) is 6.61 Å². The number of nitrogens with one attached hydrogen (secondary N) is 1. The first kappa shape index (κ1) is 24.0. The number of para-hydroxylation sites is 1. The number of non-ortho nitro benzene ring substituents is 1. The molecule has 1 amide bonds. The summed E-state index contributed by atoms with van der Waals surface area (Å²) in [5, 5.41) is 15.7. The predicted molar refractivity (Wildman–Crippen MR) is 134 cm³/mol. The zero-order valence-corrected chi connectivity index (χ0v) is 20.2. The second-order valence-corrected chi connectivity index (χ2v) is 8.17. The number of hydrazone groups is 1. The minimum atomic E-state index is -0.471. The van der Waals surface area contributed by atoms with Gasteiger partial charge in [0.25, 0.3) is 5.69 Å². The molecule has 0 saturated heterocycles. The van der Waals surface area contributed by atoms with Crippen molar-refractivity contribution >= 4 is 44.7 Å². The largest absolute Gasteiger partial charge is 0.490 e. The van der Waals surface area contributed by atoms with Crippen LogP contribution in [0.15, 0.2) is 80.7 Å². The highest BCUT2D eigenvalue weighted by Gasteiger charge is 2.13. The van der Waals surface area contributed by atoms with Gasteiger partial charge in [0.05, 0.1) is 17.7 Å². The Morgan fingerprint density at radius 2 is 1.86 bits per heavy atom. The monoisotopic (exact) mass is 537 g/mol. The smallest absolute Gasteiger partial charge is 0.307 e. The minimum Gasteiger partial charge on any atom is -0.490 e. The molecule has 0 fully saturated rings. The van der Waals surface area contributed by atoms with Crippen molar-refractivity contribution in [2.45, 2.75) is 13.5 Å². The van der Waals surface area contributed by atoms with Gasteiger partial charge in [0.15, 0.2) is 17.3 Å². The predicted octanol–water partition coefficient (Wildman–Crippen LogP) is 5.85. The maximum atomic E-state index is 12.4. The topological polar surface area (TPSA) is 116 Å². The third-order valence-corrected chi connectivity index (χ3v) is 5.61. The van der Waals surface area contributed by atoms with Gasteiger partial charge in [0.1, 0.15) is 12.2 Å². The first-order chi connectivity index (χ1) is 16.9. The molecule has 0 unspecified atom stereocenters. The Kier molecular flexibility index (Phi) is 7.41. The zero-order valence-electron chi connectivity index (χ0n) is 18.6. The molecule has 0 aliphatic rings. The highest BCUT2D eigenvalue weighted by atomic mass is 79.9. The fourth-order valence-electron chi connectivity index (χ4n) is 3.22. The number of nitrogens with zero attached hydrogens (tertiary/aromatic N) is 2. The summed E-state index contributed by atoms with van der Waals surface area (Å²) >= 11 is 3.49. The Morgan fingerprint density at radius 3 is 2.57 bits per heavy atom. The summed E-state index contributed by atoms with van der Waals surface area (Å²) in [6.45, 7) is 2.46. The number of carbonyl (C=O) groups excluding carboxylic acids is 1. The lowest BCUT2D eigenvalue weighted by Gasteiger charge is -2.14. The van der Waals surface area contributed by atoms with Gasteiger partial charge in [-0.2, -0.15) is 5.10 Å². The molecular weight excluding hydrogens is 518 g/mol. The van der Waals surface area contributed by atoms with Gasteiger partial charge in [-0.05, 0) is 64.8 Å². The van der Waals surface area contributed by atoms with Gasteiger partial charge in [-0.3, -0.25) is 14.9 Å². The third kappa shape index (κ3) is 5.85. The molecule has 0 atom stereocenters. The number of benzene rings is 3. The van der Waals surface area contributed by atoms with E-state index in [9.17, 15) is 14.9 Å². The number of furan rings is 1. The van der Waals surface area contributed by atoms with Crippen LogP contribution >= 0.6 is 15.9 Å². The van der Waals surface area contributed by atoms with Crippen molar-refractivity contribution in [3.05, 3.63) is 98.2 Å². The van der Waals surface area contributed by atoms with Gasteiger partial charge in [0, 0.05) is 27.6 Å². The minimum absolute atomic E-state index is 0.0163. The number of rotatable bonds is 9. The number of ether oxygens (including phenoxy) is 2. The van der Waals surface area contributed by atoms with Crippen LogP contribution in [0.2, 0.25) is 0 Å². The zero-order chi connectivity index (χ0) is 24.8. The highest BCUT2D eigenvalue weighted by molar-refractivity contribution is 9.10. The van der Waals surface area contributed by atoms with Gasteiger partial charge < -0.3 is 13.9 Å². The molecule has 0 saturated carbocycles. The average Bonchev–Trinajstić information content (AvgIpc) is 3.29. The van der Waals surface area contributed by atoms with E-state index < -0.39 is 10.8 Å². The van der Waals surface area contributed by atoms with E-state index in [1.807, 2.05) is 25.1 Å². The SMILES string of the molecule is CCOc1cc(/C=N/NC(=O)c2cc3ccccc3o2)c(Br)cc1OCc1ccc([N+](=O)[O-])cc1. The Labute approximate surface area is 208 Å². The number of carbonyl (C=O) groups is 1. The summed E-state index contributed by atoms with van der Waals surface area (Å²) in [7, 11) is 0. The van der Waals surface area contributed by atoms with Gasteiger partial charge >= 0.3 is 5.91 Å². The fraction of sp³-hybridized carbons (Fsp3) is 0.120. The van der Waals surface area contributed by atoms with Crippen molar-refractivity contribution in [1.29, 1.82) is 0 Å². The molecule has 0 bridgehead atoms. The summed E-state index contributed by atoms with van der Waals surface area (Å²) in [6.07, 6.45) is 1.48. The third-order valence-electron chi connectivity index (χ3n) is 4.92. The van der Waals surface area contributed by atoms with Gasteiger partial charge in [0.2, 0.25) is 0 Å². The van der Waals surface area contributed by atoms with Gasteiger partial charge in [-0.25, -0.2) is 5.43 Å². The molecular formula is C25H20BrN3O6. The molecule has 10 heteroatoms. The Bertz CT molecular complexity index is 1370. The van der Waals surface area contributed by atoms with E-state index >= 15 is 0 Å². The number of nitro benzene ring substituents is 1. The maximum Gasteiger partial charge on any atom is 0.307 e. The quantitative estimate of drug-likeness (QED) is 0.163. The molecule has 0 aliphatic heterocycles. The Hall–Kier alpha value is -4.18. The summed E-state index contributed by atoms with van der Waals surface area (Å²) in [6, 6.07) is 18.6. The lowest BCUT2D eigenvalue weighted by Crippen LogP contribution is -2.16. The van der Waals surface area contributed by atoms with E-state index in [-0.39, 0.29) is 18.1 Å². The van der Waals surface area contributed by atoms with E-state index in [2.05, 4.69) is 26.5 Å². The molecule has 1 aromatic heterocycles. The molecule has 3 aromatic carbocycles. The highest BCUT2D eigenvalue weighted by Crippen LogP contribution is 2.34. The maximum absolute atomic E-state index is 12.4. The van der Waals surface area contributed by atoms with E-state index in [4.69, 9.17) is 13.9 Å². The van der Waals surface area contributed by atoms with Crippen LogP contribution in [0.5, 0.6) is 11.5 Å². The van der Waals surface area contributed by atoms with Crippen molar-refractivity contribution in [2.75, 3.05) is 6.61 Å².